The van der Waals surface area contributed by atoms with E-state index in [1.165, 1.54) is 0 Å². The third kappa shape index (κ3) is 2.90. The summed E-state index contributed by atoms with van der Waals surface area (Å²) in [4.78, 5) is 0. The average Bonchev–Trinajstić information content (AvgIpc) is 1.16. The molecule has 0 bridgehead atoms. The molecule has 1 fully saturated rings. The second-order valence-corrected chi connectivity index (χ2v) is 2.04. The fraction of sp³-hybridized carbons (Fsp3) is 1.00. The molecule has 1 heterocycles. The molecule has 0 aromatic heterocycles. The summed E-state index contributed by atoms with van der Waals surface area (Å²) in [5, 5.41) is 2.56. The predicted octanol–water partition coefficient (Wildman–Crippen LogP) is -2.19. The largest absolute Gasteiger partial charge is 1.00 e. The molecule has 48 valence electrons. The Morgan fingerprint density at radius 3 is 1.67 bits per heavy atom. The van der Waals surface area contributed by atoms with Crippen LogP contribution in [0.2, 0.25) is 5.82 Å². The summed E-state index contributed by atoms with van der Waals surface area (Å²) >= 11 is 0. The summed E-state index contributed by atoms with van der Waals surface area (Å²) < 4.78 is 34.6. The summed E-state index contributed by atoms with van der Waals surface area (Å²) in [5.41, 5.74) is 0. The monoisotopic (exact) mass is 163 g/mol. The minimum atomic E-state index is -4.54. The molecule has 1 saturated heterocycles. The Hall–Kier alpha value is 1.45. The van der Waals surface area contributed by atoms with E-state index < -0.39 is 12.8 Å². The van der Waals surface area contributed by atoms with Gasteiger partial charge in [0, 0.05) is 0 Å². The second-order valence-electron chi connectivity index (χ2n) is 2.04. The van der Waals surface area contributed by atoms with Crippen molar-refractivity contribution in [3.8, 4) is 0 Å². The Kier molecular flexibility index (Phi) is 4.33. The molecule has 0 aliphatic carbocycles. The smallest absolute Gasteiger partial charge is 0.449 e. The first-order valence-corrected chi connectivity index (χ1v) is 2.51. The van der Waals surface area contributed by atoms with Gasteiger partial charge in [-0.05, 0) is 18.9 Å². The molecule has 9 heavy (non-hydrogen) atoms. The van der Waals surface area contributed by atoms with Gasteiger partial charge in [-0.3, -0.25) is 0 Å². The molecule has 0 spiro atoms. The third-order valence-corrected chi connectivity index (χ3v) is 1.35. The van der Waals surface area contributed by atoms with Crippen molar-refractivity contribution in [3.63, 3.8) is 0 Å². The van der Waals surface area contributed by atoms with Gasteiger partial charge in [0.25, 0.3) is 0 Å². The molecule has 0 atom stereocenters. The zero-order valence-corrected chi connectivity index (χ0v) is 8.33. The Balaban J connectivity index is 0.000000640. The van der Waals surface area contributed by atoms with Crippen LogP contribution >= 0.6 is 0 Å². The number of hydrogen-bond acceptors (Lipinski definition) is 1. The maximum absolute atomic E-state index is 11.5. The van der Waals surface area contributed by atoms with E-state index in [0.29, 0.717) is 0 Å². The van der Waals surface area contributed by atoms with E-state index in [1.54, 1.807) is 0 Å². The van der Waals surface area contributed by atoms with Crippen LogP contribution < -0.4 is 56.7 Å². The topological polar surface area (TPSA) is 12.0 Å². The molecule has 0 amide bonds. The zero-order chi connectivity index (χ0) is 6.20. The van der Waals surface area contributed by atoms with Gasteiger partial charge in [0.1, 0.15) is 0 Å². The number of nitrogens with one attached hydrogen (secondary N) is 1. The number of hydrogen-bond donors (Lipinski definition) is 1. The van der Waals surface area contributed by atoms with Crippen LogP contribution in [0, 0.1) is 0 Å². The maximum atomic E-state index is 11.5. The number of rotatable bonds is 1. The molecular formula is C3H6BF3KN. The molecule has 1 nitrogen and oxygen atoms in total. The predicted molar refractivity (Wildman–Crippen MR) is 25.7 cm³/mol. The second kappa shape index (κ2) is 3.73. The van der Waals surface area contributed by atoms with E-state index in [4.69, 9.17) is 0 Å². The van der Waals surface area contributed by atoms with Crippen LogP contribution in [0.1, 0.15) is 0 Å². The summed E-state index contributed by atoms with van der Waals surface area (Å²) in [6.45, 7) is -4.28. The Labute approximate surface area is 94.2 Å². The molecular weight excluding hydrogens is 157 g/mol. The normalized spacial score (nSPS) is 20.3. The molecule has 1 rings (SSSR count). The summed E-state index contributed by atoms with van der Waals surface area (Å²) in [7, 11) is 0. The Bertz CT molecular complexity index is 91.5. The number of halogens is 3. The molecule has 0 unspecified atom stereocenters. The minimum absolute atomic E-state index is 0. The van der Waals surface area contributed by atoms with Crippen molar-refractivity contribution in [3.05, 3.63) is 0 Å². The van der Waals surface area contributed by atoms with Gasteiger partial charge in [-0.25, -0.2) is 0 Å². The van der Waals surface area contributed by atoms with E-state index in [1.807, 2.05) is 0 Å². The van der Waals surface area contributed by atoms with Gasteiger partial charge in [0.2, 0.25) is 0 Å². The van der Waals surface area contributed by atoms with Gasteiger partial charge in [0.15, 0.2) is 0 Å². The van der Waals surface area contributed by atoms with E-state index in [-0.39, 0.29) is 64.5 Å². The van der Waals surface area contributed by atoms with Crippen LogP contribution in [0.3, 0.4) is 0 Å². The molecule has 0 saturated carbocycles. The first-order valence-electron chi connectivity index (χ1n) is 2.51. The third-order valence-electron chi connectivity index (χ3n) is 1.35. The van der Waals surface area contributed by atoms with Gasteiger partial charge in [0.05, 0.1) is 0 Å². The molecule has 0 radical (unpaired) electrons. The van der Waals surface area contributed by atoms with Crippen LogP contribution in [0.4, 0.5) is 12.9 Å². The first-order chi connectivity index (χ1) is 3.61. The standard InChI is InChI=1S/C3H6BF3N.K/c5-4(6,7)3-1-8-2-3;/h3,8H,1-2H2;/q-1;+1. The van der Waals surface area contributed by atoms with Crippen LogP contribution in [-0.2, 0) is 0 Å². The fourth-order valence-corrected chi connectivity index (χ4v) is 0.578. The molecule has 1 aliphatic heterocycles. The summed E-state index contributed by atoms with van der Waals surface area (Å²) in [6.07, 6.45) is 0. The molecule has 0 aromatic carbocycles. The summed E-state index contributed by atoms with van der Waals surface area (Å²) in [6, 6.07) is 0. The van der Waals surface area contributed by atoms with Crippen LogP contribution in [0.15, 0.2) is 0 Å². The van der Waals surface area contributed by atoms with Crippen molar-refractivity contribution < 1.29 is 64.3 Å². The van der Waals surface area contributed by atoms with Crippen molar-refractivity contribution in [2.24, 2.45) is 0 Å². The van der Waals surface area contributed by atoms with E-state index in [0.717, 1.165) is 0 Å². The van der Waals surface area contributed by atoms with Gasteiger partial charge >= 0.3 is 58.4 Å². The van der Waals surface area contributed by atoms with Crippen molar-refractivity contribution >= 4 is 6.98 Å². The van der Waals surface area contributed by atoms with E-state index >= 15 is 0 Å². The Morgan fingerprint density at radius 2 is 1.67 bits per heavy atom. The van der Waals surface area contributed by atoms with Crippen LogP contribution in [0.25, 0.3) is 0 Å². The van der Waals surface area contributed by atoms with Crippen molar-refractivity contribution in [2.45, 2.75) is 5.82 Å². The molecule has 6 heteroatoms. The quantitative estimate of drug-likeness (QED) is 0.433. The van der Waals surface area contributed by atoms with Crippen molar-refractivity contribution in [2.75, 3.05) is 13.1 Å². The molecule has 0 aromatic rings. The molecule has 1 N–H and O–H groups in total. The minimum Gasteiger partial charge on any atom is -0.449 e. The van der Waals surface area contributed by atoms with Crippen molar-refractivity contribution in [1.82, 2.24) is 5.32 Å². The van der Waals surface area contributed by atoms with E-state index in [2.05, 4.69) is 5.32 Å². The van der Waals surface area contributed by atoms with Gasteiger partial charge in [-0.15, -0.1) is 0 Å². The van der Waals surface area contributed by atoms with Crippen LogP contribution in [-0.4, -0.2) is 20.1 Å². The SMILES string of the molecule is F[B-](F)(F)C1CNC1.[K+]. The zero-order valence-electron chi connectivity index (χ0n) is 5.20. The summed E-state index contributed by atoms with van der Waals surface area (Å²) in [5.74, 6) is -1.02. The molecule has 1 aliphatic rings. The maximum Gasteiger partial charge on any atom is 1.00 e. The van der Waals surface area contributed by atoms with Crippen LogP contribution in [0.5, 0.6) is 0 Å². The fourth-order valence-electron chi connectivity index (χ4n) is 0.578. The van der Waals surface area contributed by atoms with Gasteiger partial charge in [-0.1, -0.05) is 0 Å². The first kappa shape index (κ1) is 10.5. The van der Waals surface area contributed by atoms with E-state index in [9.17, 15) is 12.9 Å². The van der Waals surface area contributed by atoms with Crippen molar-refractivity contribution in [1.29, 1.82) is 0 Å². The Morgan fingerprint density at radius 1 is 1.22 bits per heavy atom. The average molecular weight is 163 g/mol. The van der Waals surface area contributed by atoms with Gasteiger partial charge in [-0.2, -0.15) is 0 Å². The van der Waals surface area contributed by atoms with Gasteiger partial charge < -0.3 is 18.3 Å².